The number of halogens is 1. The summed E-state index contributed by atoms with van der Waals surface area (Å²) in [6.45, 7) is 5.50. The molecule has 52 heavy (non-hydrogen) atoms. The number of nitrogens with zero attached hydrogens (tertiary/aromatic N) is 3. The molecule has 1 N–H and O–H groups in total. The Hall–Kier alpha value is -4.84. The summed E-state index contributed by atoms with van der Waals surface area (Å²) in [5.41, 5.74) is 3.61. The minimum atomic E-state index is -3.50. The van der Waals surface area contributed by atoms with Crippen molar-refractivity contribution >= 4 is 43.2 Å². The first-order valence-electron chi connectivity index (χ1n) is 17.9. The fraction of sp³-hybridized carbons (Fsp3) is 0.341. The molecule has 4 aromatic rings. The molecule has 8 rings (SSSR count). The fourth-order valence-electron chi connectivity index (χ4n) is 9.01. The molecular weight excluding hydrogens is 678 g/mol. The zero-order valence-corrected chi connectivity index (χ0v) is 30.5. The van der Waals surface area contributed by atoms with Gasteiger partial charge in [0.05, 0.1) is 43.1 Å². The second kappa shape index (κ2) is 13.0. The summed E-state index contributed by atoms with van der Waals surface area (Å²) in [7, 11) is -3.50. The number of ether oxygens (including phenoxy) is 2. The van der Waals surface area contributed by atoms with E-state index in [4.69, 9.17) is 9.47 Å². The van der Waals surface area contributed by atoms with E-state index in [2.05, 4.69) is 0 Å². The number of amides is 3. The van der Waals surface area contributed by atoms with Crippen LogP contribution in [-0.2, 0) is 44.2 Å². The molecular formula is C41H42FN3O6Si. The molecule has 1 spiro atoms. The Morgan fingerprint density at radius 3 is 2.33 bits per heavy atom. The maximum Gasteiger partial charge on any atom is 0.269 e. The first-order valence-corrected chi connectivity index (χ1v) is 20.9. The number of para-hydroxylation sites is 3. The first kappa shape index (κ1) is 34.3. The van der Waals surface area contributed by atoms with Gasteiger partial charge in [-0.15, -0.1) is 0 Å². The highest BCUT2D eigenvalue weighted by molar-refractivity contribution is 6.72. The Labute approximate surface area is 303 Å². The lowest BCUT2D eigenvalue weighted by Gasteiger charge is -2.37. The number of benzene rings is 4. The molecule has 0 saturated carbocycles. The molecule has 3 amide bonds. The van der Waals surface area contributed by atoms with Gasteiger partial charge < -0.3 is 28.5 Å². The van der Waals surface area contributed by atoms with Crippen molar-refractivity contribution in [2.45, 2.75) is 69.2 Å². The van der Waals surface area contributed by atoms with Crippen molar-refractivity contribution in [1.82, 2.24) is 4.90 Å². The standard InChI is InChI=1S/C41H42FN3O6Si/c1-26-39(52(2,3)42)36(21-37(47)43-23-29-11-5-4-10-28(29)20-31(43)24-46)51-41(26)32-12-6-7-13-33(32)44(40(41)49)22-27-16-18-30(19-17-27)45-34-14-8-9-15-35(34)50-25-38(45)48/h4-19,26,31,36,39,46H,20-25H2,1-3H3/t26-,31+,36+,39-,41+/m1/s1. The Kier molecular flexibility index (Phi) is 8.55. The van der Waals surface area contributed by atoms with E-state index in [1.54, 1.807) is 27.8 Å². The van der Waals surface area contributed by atoms with Crippen molar-refractivity contribution in [3.63, 3.8) is 0 Å². The van der Waals surface area contributed by atoms with Crippen LogP contribution >= 0.6 is 0 Å². The minimum Gasteiger partial charge on any atom is -0.482 e. The SMILES string of the molecule is C[C@@H]1[C@@H]([Si](C)(C)F)[C@H](CC(=O)N2Cc3ccccc3C[C@H]2CO)O[C@@]12C(=O)N(Cc1ccc(N3C(=O)COc4ccccc43)cc1)c1ccccc12. The van der Waals surface area contributed by atoms with Crippen LogP contribution in [0.2, 0.25) is 18.6 Å². The molecule has 1 saturated heterocycles. The van der Waals surface area contributed by atoms with Gasteiger partial charge in [0, 0.05) is 29.3 Å². The number of aliphatic hydroxyl groups is 1. The zero-order valence-electron chi connectivity index (χ0n) is 29.5. The van der Waals surface area contributed by atoms with Crippen LogP contribution in [0.3, 0.4) is 0 Å². The Morgan fingerprint density at radius 1 is 0.923 bits per heavy atom. The smallest absolute Gasteiger partial charge is 0.269 e. The van der Waals surface area contributed by atoms with E-state index in [0.717, 1.165) is 16.7 Å². The lowest BCUT2D eigenvalue weighted by Crippen LogP contribution is -2.48. The molecule has 1 fully saturated rings. The number of rotatable bonds is 7. The number of carbonyl (C=O) groups is 3. The Morgan fingerprint density at radius 2 is 1.60 bits per heavy atom. The fourth-order valence-corrected chi connectivity index (χ4v) is 11.5. The highest BCUT2D eigenvalue weighted by Crippen LogP contribution is 2.60. The van der Waals surface area contributed by atoms with Gasteiger partial charge in [-0.1, -0.05) is 73.7 Å². The van der Waals surface area contributed by atoms with Crippen molar-refractivity contribution in [3.8, 4) is 5.75 Å². The molecule has 5 atom stereocenters. The third-order valence-electron chi connectivity index (χ3n) is 11.4. The molecule has 0 bridgehead atoms. The van der Waals surface area contributed by atoms with Crippen LogP contribution in [0.5, 0.6) is 5.75 Å². The quantitative estimate of drug-likeness (QED) is 0.175. The Balaban J connectivity index is 1.08. The van der Waals surface area contributed by atoms with Crippen LogP contribution in [0.4, 0.5) is 21.2 Å². The molecule has 0 aliphatic carbocycles. The lowest BCUT2D eigenvalue weighted by atomic mass is 9.82. The third kappa shape index (κ3) is 5.53. The number of anilines is 3. The summed E-state index contributed by atoms with van der Waals surface area (Å²) in [5.74, 6) is -0.581. The summed E-state index contributed by atoms with van der Waals surface area (Å²) in [5, 5.41) is 10.3. The van der Waals surface area contributed by atoms with Crippen LogP contribution in [0.1, 0.15) is 35.6 Å². The van der Waals surface area contributed by atoms with Gasteiger partial charge in [0.15, 0.2) is 12.2 Å². The highest BCUT2D eigenvalue weighted by Gasteiger charge is 2.67. The van der Waals surface area contributed by atoms with E-state index in [1.165, 1.54) is 0 Å². The van der Waals surface area contributed by atoms with Gasteiger partial charge in [0.2, 0.25) is 14.3 Å². The van der Waals surface area contributed by atoms with Gasteiger partial charge >= 0.3 is 0 Å². The maximum absolute atomic E-state index is 16.5. The summed E-state index contributed by atoms with van der Waals surface area (Å²) in [4.78, 5) is 46.9. The number of aliphatic hydroxyl groups excluding tert-OH is 1. The van der Waals surface area contributed by atoms with Crippen LogP contribution in [0.25, 0.3) is 0 Å². The first-order chi connectivity index (χ1) is 25.0. The van der Waals surface area contributed by atoms with Crippen LogP contribution in [0.15, 0.2) is 97.1 Å². The van der Waals surface area contributed by atoms with Crippen molar-refractivity contribution in [2.24, 2.45) is 5.92 Å². The summed E-state index contributed by atoms with van der Waals surface area (Å²) < 4.78 is 28.9. The number of hydrogen-bond donors (Lipinski definition) is 1. The lowest BCUT2D eigenvalue weighted by molar-refractivity contribution is -0.151. The van der Waals surface area contributed by atoms with Gasteiger partial charge in [0.25, 0.3) is 11.8 Å². The topological polar surface area (TPSA) is 99.6 Å². The molecule has 268 valence electrons. The second-order valence-corrected chi connectivity index (χ2v) is 18.7. The molecule has 0 unspecified atom stereocenters. The normalized spacial score (nSPS) is 25.2. The monoisotopic (exact) mass is 719 g/mol. The van der Waals surface area contributed by atoms with Crippen LogP contribution in [-0.4, -0.2) is 61.5 Å². The van der Waals surface area contributed by atoms with Crippen molar-refractivity contribution in [3.05, 3.63) is 119 Å². The summed E-state index contributed by atoms with van der Waals surface area (Å²) in [6, 6.07) is 29.9. The number of fused-ring (bicyclic) bond motifs is 4. The van der Waals surface area contributed by atoms with E-state index in [0.29, 0.717) is 41.3 Å². The predicted octanol–water partition coefficient (Wildman–Crippen LogP) is 6.40. The molecule has 4 heterocycles. The molecule has 0 radical (unpaired) electrons. The molecule has 4 aromatic carbocycles. The van der Waals surface area contributed by atoms with Crippen LogP contribution < -0.4 is 14.5 Å². The van der Waals surface area contributed by atoms with E-state index in [1.807, 2.05) is 104 Å². The predicted molar refractivity (Wildman–Crippen MR) is 197 cm³/mol. The molecule has 11 heteroatoms. The van der Waals surface area contributed by atoms with Crippen molar-refractivity contribution in [1.29, 1.82) is 0 Å². The van der Waals surface area contributed by atoms with E-state index >= 15 is 4.11 Å². The van der Waals surface area contributed by atoms with Crippen molar-refractivity contribution in [2.75, 3.05) is 23.0 Å². The summed E-state index contributed by atoms with van der Waals surface area (Å²) in [6.07, 6.45) is -0.374. The molecule has 9 nitrogen and oxygen atoms in total. The average molecular weight is 720 g/mol. The number of carbonyl (C=O) groups excluding carboxylic acids is 3. The molecule has 0 aromatic heterocycles. The highest BCUT2D eigenvalue weighted by atomic mass is 28.4. The van der Waals surface area contributed by atoms with Gasteiger partial charge in [0.1, 0.15) is 5.75 Å². The van der Waals surface area contributed by atoms with E-state index in [9.17, 15) is 19.5 Å². The molecule has 4 aliphatic heterocycles. The van der Waals surface area contributed by atoms with Gasteiger partial charge in [-0.3, -0.25) is 19.3 Å². The third-order valence-corrected chi connectivity index (χ3v) is 13.8. The minimum absolute atomic E-state index is 0.0573. The second-order valence-electron chi connectivity index (χ2n) is 14.9. The van der Waals surface area contributed by atoms with E-state index in [-0.39, 0.29) is 43.9 Å². The number of hydrogen-bond acceptors (Lipinski definition) is 6. The van der Waals surface area contributed by atoms with E-state index < -0.39 is 37.6 Å². The maximum atomic E-state index is 16.5. The Bertz CT molecular complexity index is 2050. The largest absolute Gasteiger partial charge is 0.482 e. The average Bonchev–Trinajstić information content (AvgIpc) is 3.57. The molecule has 4 aliphatic rings. The van der Waals surface area contributed by atoms with Gasteiger partial charge in [-0.2, -0.15) is 0 Å². The van der Waals surface area contributed by atoms with Gasteiger partial charge in [-0.25, -0.2) is 0 Å². The zero-order chi connectivity index (χ0) is 36.4. The summed E-state index contributed by atoms with van der Waals surface area (Å²) >= 11 is 0. The van der Waals surface area contributed by atoms with Gasteiger partial charge in [-0.05, 0) is 66.5 Å². The van der Waals surface area contributed by atoms with Crippen LogP contribution in [0, 0.1) is 5.92 Å². The van der Waals surface area contributed by atoms with Crippen molar-refractivity contribution < 1.29 is 33.1 Å².